The fourth-order valence-corrected chi connectivity index (χ4v) is 1.18. The smallest absolute Gasteiger partial charge is 0.171 e. The summed E-state index contributed by atoms with van der Waals surface area (Å²) in [5, 5.41) is 0.296. The fraction of sp³-hybridized carbons (Fsp3) is 0.333. The third-order valence-corrected chi connectivity index (χ3v) is 1.87. The number of halogens is 1. The van der Waals surface area contributed by atoms with Crippen molar-refractivity contribution in [1.29, 1.82) is 0 Å². The van der Waals surface area contributed by atoms with Crippen LogP contribution in [0.2, 0.25) is 5.15 Å². The fourth-order valence-electron chi connectivity index (χ4n) is 0.948. The van der Waals surface area contributed by atoms with Crippen molar-refractivity contribution in [3.05, 3.63) is 22.5 Å². The molecular weight excluding hydrogens is 190 g/mol. The van der Waals surface area contributed by atoms with Gasteiger partial charge in [-0.3, -0.25) is 4.79 Å². The summed E-state index contributed by atoms with van der Waals surface area (Å²) in [6.07, 6.45) is 0.737. The summed E-state index contributed by atoms with van der Waals surface area (Å²) < 4.78 is 5.18. The van der Waals surface area contributed by atoms with E-state index in [9.17, 15) is 4.79 Å². The summed E-state index contributed by atoms with van der Waals surface area (Å²) in [7, 11) is 0. The Morgan fingerprint density at radius 2 is 2.38 bits per heavy atom. The molecule has 0 saturated heterocycles. The summed E-state index contributed by atoms with van der Waals surface area (Å²) in [6, 6.07) is 1.60. The highest BCUT2D eigenvalue weighted by Crippen LogP contribution is 2.24. The van der Waals surface area contributed by atoms with E-state index in [0.29, 0.717) is 28.8 Å². The lowest BCUT2D eigenvalue weighted by Gasteiger charge is -2.06. The Labute approximate surface area is 81.7 Å². The van der Waals surface area contributed by atoms with Crippen LogP contribution in [0.3, 0.4) is 0 Å². The molecule has 0 bridgehead atoms. The molecule has 0 aliphatic rings. The first-order chi connectivity index (χ1) is 6.19. The van der Waals surface area contributed by atoms with Crippen molar-refractivity contribution in [2.45, 2.75) is 13.8 Å². The summed E-state index contributed by atoms with van der Waals surface area (Å²) in [6.45, 7) is 4.07. The quantitative estimate of drug-likeness (QED) is 0.554. The zero-order chi connectivity index (χ0) is 9.84. The topological polar surface area (TPSA) is 39.2 Å². The standard InChI is InChI=1S/C9H10ClNO2/c1-3-13-8-4-7(5-12)6(2)11-9(8)10/h4-5H,3H2,1-2H3. The Kier molecular flexibility index (Phi) is 3.25. The molecule has 1 aromatic heterocycles. The second kappa shape index (κ2) is 4.23. The van der Waals surface area contributed by atoms with E-state index < -0.39 is 0 Å². The minimum absolute atomic E-state index is 0.296. The average molecular weight is 200 g/mol. The molecule has 70 valence electrons. The number of aryl methyl sites for hydroxylation is 1. The van der Waals surface area contributed by atoms with Gasteiger partial charge in [-0.05, 0) is 19.9 Å². The van der Waals surface area contributed by atoms with Crippen LogP contribution in [-0.4, -0.2) is 17.9 Å². The van der Waals surface area contributed by atoms with Crippen molar-refractivity contribution in [2.75, 3.05) is 6.61 Å². The largest absolute Gasteiger partial charge is 0.491 e. The van der Waals surface area contributed by atoms with E-state index in [1.54, 1.807) is 13.0 Å². The SMILES string of the molecule is CCOc1cc(C=O)c(C)nc1Cl. The minimum Gasteiger partial charge on any atom is -0.491 e. The lowest BCUT2D eigenvalue weighted by Crippen LogP contribution is -1.98. The maximum atomic E-state index is 10.6. The molecule has 0 radical (unpaired) electrons. The van der Waals surface area contributed by atoms with Crippen molar-refractivity contribution in [2.24, 2.45) is 0 Å². The third kappa shape index (κ3) is 2.18. The van der Waals surface area contributed by atoms with Crippen LogP contribution in [0.4, 0.5) is 0 Å². The Hall–Kier alpha value is -1.09. The van der Waals surface area contributed by atoms with E-state index in [4.69, 9.17) is 16.3 Å². The maximum absolute atomic E-state index is 10.6. The summed E-state index contributed by atoms with van der Waals surface area (Å²) in [4.78, 5) is 14.5. The van der Waals surface area contributed by atoms with Crippen LogP contribution in [0, 0.1) is 6.92 Å². The van der Waals surface area contributed by atoms with Gasteiger partial charge in [0.15, 0.2) is 17.2 Å². The summed E-state index contributed by atoms with van der Waals surface area (Å²) >= 11 is 5.79. The van der Waals surface area contributed by atoms with Gasteiger partial charge >= 0.3 is 0 Å². The molecule has 0 N–H and O–H groups in total. The highest BCUT2D eigenvalue weighted by Gasteiger charge is 2.07. The molecule has 0 fully saturated rings. The molecule has 0 spiro atoms. The van der Waals surface area contributed by atoms with E-state index in [-0.39, 0.29) is 0 Å². The minimum atomic E-state index is 0.296. The molecule has 0 amide bonds. The van der Waals surface area contributed by atoms with E-state index >= 15 is 0 Å². The molecule has 4 heteroatoms. The number of aldehydes is 1. The van der Waals surface area contributed by atoms with Crippen LogP contribution in [-0.2, 0) is 0 Å². The lowest BCUT2D eigenvalue weighted by atomic mass is 10.2. The number of aromatic nitrogens is 1. The van der Waals surface area contributed by atoms with Crippen LogP contribution >= 0.6 is 11.6 Å². The normalized spacial score (nSPS) is 9.77. The number of ether oxygens (including phenoxy) is 1. The van der Waals surface area contributed by atoms with Crippen molar-refractivity contribution in [1.82, 2.24) is 4.98 Å². The molecule has 0 aliphatic heterocycles. The van der Waals surface area contributed by atoms with Crippen LogP contribution in [0.15, 0.2) is 6.07 Å². The van der Waals surface area contributed by atoms with Gasteiger partial charge in [0, 0.05) is 11.3 Å². The second-order valence-corrected chi connectivity index (χ2v) is 2.86. The van der Waals surface area contributed by atoms with Crippen molar-refractivity contribution >= 4 is 17.9 Å². The van der Waals surface area contributed by atoms with Gasteiger partial charge in [-0.15, -0.1) is 0 Å². The van der Waals surface area contributed by atoms with Crippen molar-refractivity contribution in [3.63, 3.8) is 0 Å². The zero-order valence-corrected chi connectivity index (χ0v) is 8.26. The third-order valence-electron chi connectivity index (χ3n) is 1.60. The lowest BCUT2D eigenvalue weighted by molar-refractivity contribution is 0.112. The molecular formula is C9H10ClNO2. The van der Waals surface area contributed by atoms with Gasteiger partial charge in [0.2, 0.25) is 0 Å². The van der Waals surface area contributed by atoms with E-state index in [1.165, 1.54) is 0 Å². The number of pyridine rings is 1. The molecule has 1 aromatic rings. The highest BCUT2D eigenvalue weighted by molar-refractivity contribution is 6.30. The van der Waals surface area contributed by atoms with Crippen LogP contribution in [0.5, 0.6) is 5.75 Å². The van der Waals surface area contributed by atoms with Gasteiger partial charge in [0.1, 0.15) is 0 Å². The molecule has 0 atom stereocenters. The van der Waals surface area contributed by atoms with E-state index in [1.807, 2.05) is 6.92 Å². The Bertz CT molecular complexity index is 326. The van der Waals surface area contributed by atoms with Gasteiger partial charge in [-0.2, -0.15) is 0 Å². The molecule has 0 aliphatic carbocycles. The highest BCUT2D eigenvalue weighted by atomic mass is 35.5. The molecule has 13 heavy (non-hydrogen) atoms. The summed E-state index contributed by atoms with van der Waals surface area (Å²) in [5.74, 6) is 0.455. The van der Waals surface area contributed by atoms with E-state index in [2.05, 4.69) is 4.98 Å². The second-order valence-electron chi connectivity index (χ2n) is 2.50. The Balaban J connectivity index is 3.14. The van der Waals surface area contributed by atoms with Crippen molar-refractivity contribution in [3.8, 4) is 5.75 Å². The van der Waals surface area contributed by atoms with Crippen LogP contribution in [0.25, 0.3) is 0 Å². The number of carbonyl (C=O) groups is 1. The molecule has 3 nitrogen and oxygen atoms in total. The predicted octanol–water partition coefficient (Wildman–Crippen LogP) is 2.25. The van der Waals surface area contributed by atoms with Crippen LogP contribution < -0.4 is 4.74 Å². The van der Waals surface area contributed by atoms with Gasteiger partial charge in [-0.25, -0.2) is 4.98 Å². The Morgan fingerprint density at radius 3 is 2.92 bits per heavy atom. The molecule has 0 aromatic carbocycles. The van der Waals surface area contributed by atoms with Crippen molar-refractivity contribution < 1.29 is 9.53 Å². The molecule has 1 rings (SSSR count). The molecule has 1 heterocycles. The molecule has 0 saturated carbocycles. The first-order valence-electron chi connectivity index (χ1n) is 3.94. The number of nitrogens with zero attached hydrogens (tertiary/aromatic N) is 1. The Morgan fingerprint density at radius 1 is 1.69 bits per heavy atom. The number of hydrogen-bond donors (Lipinski definition) is 0. The number of rotatable bonds is 3. The number of hydrogen-bond acceptors (Lipinski definition) is 3. The van der Waals surface area contributed by atoms with Gasteiger partial charge in [-0.1, -0.05) is 11.6 Å². The predicted molar refractivity (Wildman–Crippen MR) is 50.5 cm³/mol. The van der Waals surface area contributed by atoms with Gasteiger partial charge < -0.3 is 4.74 Å². The average Bonchev–Trinajstić information content (AvgIpc) is 2.10. The monoisotopic (exact) mass is 199 g/mol. The van der Waals surface area contributed by atoms with Crippen LogP contribution in [0.1, 0.15) is 23.0 Å². The van der Waals surface area contributed by atoms with Gasteiger partial charge in [0.25, 0.3) is 0 Å². The first kappa shape index (κ1) is 9.99. The maximum Gasteiger partial charge on any atom is 0.171 e. The number of carbonyl (C=O) groups excluding carboxylic acids is 1. The first-order valence-corrected chi connectivity index (χ1v) is 4.32. The van der Waals surface area contributed by atoms with Gasteiger partial charge in [0.05, 0.1) is 6.61 Å². The van der Waals surface area contributed by atoms with E-state index in [0.717, 1.165) is 6.29 Å². The molecule has 0 unspecified atom stereocenters. The summed E-state index contributed by atoms with van der Waals surface area (Å²) in [5.41, 5.74) is 1.12. The zero-order valence-electron chi connectivity index (χ0n) is 7.50.